The van der Waals surface area contributed by atoms with Gasteiger partial charge < -0.3 is 0 Å². The summed E-state index contributed by atoms with van der Waals surface area (Å²) in [6.45, 7) is 1.49. The van der Waals surface area contributed by atoms with Crippen molar-refractivity contribution in [2.45, 2.75) is 32.2 Å². The Kier molecular flexibility index (Phi) is 5.27. The van der Waals surface area contributed by atoms with Crippen LogP contribution in [0.15, 0.2) is 54.6 Å². The number of carbonyl (C=O) groups is 4. The molecule has 9 heteroatoms. The van der Waals surface area contributed by atoms with E-state index in [2.05, 4.69) is 0 Å². The van der Waals surface area contributed by atoms with Crippen LogP contribution in [-0.4, -0.2) is 44.5 Å². The first kappa shape index (κ1) is 21.9. The number of amides is 3. The van der Waals surface area contributed by atoms with Crippen LogP contribution in [0.5, 0.6) is 0 Å². The van der Waals surface area contributed by atoms with Crippen LogP contribution >= 0.6 is 0 Å². The highest BCUT2D eigenvalue weighted by molar-refractivity contribution is 6.10. The molecule has 9 nitrogen and oxygen atoms in total. The molecule has 0 unspecified atom stereocenters. The lowest BCUT2D eigenvalue weighted by molar-refractivity contribution is -0.384. The van der Waals surface area contributed by atoms with Crippen molar-refractivity contribution < 1.29 is 24.1 Å². The fraction of sp³-hybridized carbons (Fsp3) is 0.360. The summed E-state index contributed by atoms with van der Waals surface area (Å²) in [4.78, 5) is 64.3. The van der Waals surface area contributed by atoms with Gasteiger partial charge in [-0.25, -0.2) is 5.01 Å². The van der Waals surface area contributed by atoms with Crippen LogP contribution in [-0.2, 0) is 9.59 Å². The third-order valence-corrected chi connectivity index (χ3v) is 7.46. The Balaban J connectivity index is 1.54. The molecule has 0 radical (unpaired) electrons. The zero-order valence-electron chi connectivity index (χ0n) is 18.5. The average molecular weight is 461 g/mol. The van der Waals surface area contributed by atoms with Crippen molar-refractivity contribution in [1.29, 1.82) is 0 Å². The molecule has 5 rings (SSSR count). The number of hydrogen-bond donors (Lipinski definition) is 0. The number of hydrogen-bond acceptors (Lipinski definition) is 6. The second kappa shape index (κ2) is 8.16. The van der Waals surface area contributed by atoms with Gasteiger partial charge >= 0.3 is 0 Å². The summed E-state index contributed by atoms with van der Waals surface area (Å²) in [5, 5.41) is 12.9. The van der Waals surface area contributed by atoms with Gasteiger partial charge in [-0.05, 0) is 50.2 Å². The maximum atomic E-state index is 13.6. The molecular weight excluding hydrogens is 438 g/mol. The van der Waals surface area contributed by atoms with Crippen molar-refractivity contribution in [3.05, 3.63) is 75.8 Å². The molecule has 0 aromatic heterocycles. The van der Waals surface area contributed by atoms with E-state index in [9.17, 15) is 29.3 Å². The van der Waals surface area contributed by atoms with Crippen LogP contribution in [0.2, 0.25) is 0 Å². The first-order chi connectivity index (χ1) is 16.3. The maximum absolute atomic E-state index is 13.6. The number of non-ortho nitro benzene ring substituents is 1. The van der Waals surface area contributed by atoms with Crippen LogP contribution in [0.3, 0.4) is 0 Å². The summed E-state index contributed by atoms with van der Waals surface area (Å²) in [6.07, 6.45) is 2.61. The van der Waals surface area contributed by atoms with E-state index in [1.807, 2.05) is 0 Å². The van der Waals surface area contributed by atoms with Crippen molar-refractivity contribution in [3.8, 4) is 0 Å². The number of hydrazine groups is 1. The summed E-state index contributed by atoms with van der Waals surface area (Å²) >= 11 is 0. The summed E-state index contributed by atoms with van der Waals surface area (Å²) in [5.74, 6) is -2.72. The number of nitrogens with zero attached hydrogens (tertiary/aromatic N) is 3. The van der Waals surface area contributed by atoms with E-state index < -0.39 is 46.3 Å². The monoisotopic (exact) mass is 461 g/mol. The molecule has 2 aromatic rings. The molecular formula is C25H23N3O6. The van der Waals surface area contributed by atoms with Crippen LogP contribution in [0.25, 0.3) is 0 Å². The van der Waals surface area contributed by atoms with Crippen molar-refractivity contribution in [2.24, 2.45) is 23.7 Å². The summed E-state index contributed by atoms with van der Waals surface area (Å²) < 4.78 is 0. The molecule has 34 heavy (non-hydrogen) atoms. The topological polar surface area (TPSA) is 118 Å². The Morgan fingerprint density at radius 1 is 0.941 bits per heavy atom. The highest BCUT2D eigenvalue weighted by Crippen LogP contribution is 2.56. The lowest BCUT2D eigenvalue weighted by atomic mass is 9.81. The van der Waals surface area contributed by atoms with Gasteiger partial charge in [0.05, 0.1) is 16.8 Å². The predicted octanol–water partition coefficient (Wildman–Crippen LogP) is 3.25. The molecule has 174 valence electrons. The van der Waals surface area contributed by atoms with Crippen molar-refractivity contribution in [2.75, 3.05) is 0 Å². The van der Waals surface area contributed by atoms with E-state index in [-0.39, 0.29) is 23.1 Å². The number of carbonyl (C=O) groups excluding carboxylic acids is 4. The molecule has 1 heterocycles. The Hall–Kier alpha value is -3.88. The molecule has 2 bridgehead atoms. The minimum Gasteiger partial charge on any atom is -0.292 e. The average Bonchev–Trinajstić information content (AvgIpc) is 3.54. The van der Waals surface area contributed by atoms with Crippen LogP contribution in [0.1, 0.15) is 46.9 Å². The van der Waals surface area contributed by atoms with Gasteiger partial charge in [-0.1, -0.05) is 30.3 Å². The van der Waals surface area contributed by atoms with Gasteiger partial charge in [0.15, 0.2) is 5.78 Å². The number of benzene rings is 2. The molecule has 3 amide bonds. The Labute approximate surface area is 195 Å². The van der Waals surface area contributed by atoms with Crippen LogP contribution < -0.4 is 0 Å². The Morgan fingerprint density at radius 3 is 2.03 bits per heavy atom. The van der Waals surface area contributed by atoms with Gasteiger partial charge in [0.1, 0.15) is 6.04 Å². The van der Waals surface area contributed by atoms with E-state index >= 15 is 0 Å². The minimum absolute atomic E-state index is 0.0407. The molecule has 3 fully saturated rings. The van der Waals surface area contributed by atoms with Crippen molar-refractivity contribution in [1.82, 2.24) is 10.0 Å². The fourth-order valence-electron chi connectivity index (χ4n) is 5.86. The molecule has 5 atom stereocenters. The van der Waals surface area contributed by atoms with Crippen molar-refractivity contribution >= 4 is 29.2 Å². The van der Waals surface area contributed by atoms with Crippen LogP contribution in [0, 0.1) is 33.8 Å². The molecule has 1 saturated heterocycles. The van der Waals surface area contributed by atoms with Gasteiger partial charge in [-0.15, -0.1) is 0 Å². The molecule has 0 N–H and O–H groups in total. The third kappa shape index (κ3) is 3.30. The quantitative estimate of drug-likeness (QED) is 0.282. The number of imide groups is 1. The summed E-state index contributed by atoms with van der Waals surface area (Å²) in [6, 6.07) is 12.1. The summed E-state index contributed by atoms with van der Waals surface area (Å²) in [7, 11) is 0. The number of rotatable bonds is 6. The normalized spacial score (nSPS) is 25.9. The zero-order chi connectivity index (χ0) is 24.1. The van der Waals surface area contributed by atoms with Crippen molar-refractivity contribution in [3.63, 3.8) is 0 Å². The minimum atomic E-state index is -1.14. The highest BCUT2D eigenvalue weighted by atomic mass is 16.6. The third-order valence-electron chi connectivity index (χ3n) is 7.46. The van der Waals surface area contributed by atoms with Gasteiger partial charge in [-0.2, -0.15) is 5.01 Å². The molecule has 2 aromatic carbocycles. The number of Topliss-reactive ketones (excluding diaryl/α,β-unsaturated/α-hetero) is 1. The van der Waals surface area contributed by atoms with Crippen LogP contribution in [0.4, 0.5) is 5.69 Å². The lowest BCUT2D eigenvalue weighted by Gasteiger charge is -2.35. The predicted molar refractivity (Wildman–Crippen MR) is 119 cm³/mol. The van der Waals surface area contributed by atoms with E-state index in [1.54, 1.807) is 30.3 Å². The zero-order valence-corrected chi connectivity index (χ0v) is 18.5. The highest BCUT2D eigenvalue weighted by Gasteiger charge is 2.63. The largest absolute Gasteiger partial charge is 0.292 e. The standard InChI is InChI=1S/C25H23N3O6/c1-14(22(29)15-5-3-2-4-6-15)26(23(30)16-9-11-19(12-10-16)28(33)34)27-24(31)20-17-7-8-18(13-17)21(20)25(27)32/h2-6,9-12,14,17-18,20-21H,7-8,13H2,1H3/t14-,17+,18+,20+,21+/m1/s1. The van der Waals surface area contributed by atoms with E-state index in [0.717, 1.165) is 29.3 Å². The first-order valence-electron chi connectivity index (χ1n) is 11.3. The van der Waals surface area contributed by atoms with E-state index in [4.69, 9.17) is 0 Å². The first-order valence-corrected chi connectivity index (χ1v) is 11.3. The van der Waals surface area contributed by atoms with Gasteiger partial charge in [0.2, 0.25) is 0 Å². The molecule has 2 saturated carbocycles. The molecule has 3 aliphatic rings. The Bertz CT molecular complexity index is 1170. The SMILES string of the molecule is C[C@H](C(=O)c1ccccc1)N(C(=O)c1ccc([N+](=O)[O-])cc1)N1C(=O)[C@H]2[C@H]3CC[C@@H](C3)[C@@H]2C1=O. The van der Waals surface area contributed by atoms with E-state index in [0.29, 0.717) is 5.56 Å². The Morgan fingerprint density at radius 2 is 1.50 bits per heavy atom. The smallest absolute Gasteiger partial charge is 0.273 e. The number of ketones is 1. The summed E-state index contributed by atoms with van der Waals surface area (Å²) in [5.41, 5.74) is 0.186. The fourth-order valence-corrected chi connectivity index (χ4v) is 5.86. The molecule has 1 aliphatic heterocycles. The van der Waals surface area contributed by atoms with Gasteiger partial charge in [0, 0.05) is 23.3 Å². The lowest BCUT2D eigenvalue weighted by Crippen LogP contribution is -2.56. The number of nitro benzene ring substituents is 1. The van der Waals surface area contributed by atoms with E-state index in [1.165, 1.54) is 31.2 Å². The van der Waals surface area contributed by atoms with Gasteiger partial charge in [0.25, 0.3) is 23.4 Å². The number of fused-ring (bicyclic) bond motifs is 5. The maximum Gasteiger partial charge on any atom is 0.273 e. The number of nitro groups is 1. The van der Waals surface area contributed by atoms with Gasteiger partial charge in [-0.3, -0.25) is 29.3 Å². The second-order valence-corrected chi connectivity index (χ2v) is 9.23. The molecule has 0 spiro atoms. The molecule has 2 aliphatic carbocycles. The second-order valence-electron chi connectivity index (χ2n) is 9.23.